The van der Waals surface area contributed by atoms with Crippen molar-refractivity contribution in [3.63, 3.8) is 0 Å². The van der Waals surface area contributed by atoms with E-state index in [0.29, 0.717) is 6.54 Å². The van der Waals surface area contributed by atoms with E-state index in [1.807, 2.05) is 58.1 Å². The maximum atomic E-state index is 13.5. The lowest BCUT2D eigenvalue weighted by molar-refractivity contribution is 0.0728. The summed E-state index contributed by atoms with van der Waals surface area (Å²) in [4.78, 5) is 15.3. The fourth-order valence-electron chi connectivity index (χ4n) is 5.20. The third kappa shape index (κ3) is 4.52. The summed E-state index contributed by atoms with van der Waals surface area (Å²) in [6.45, 7) is 6.85. The zero-order valence-corrected chi connectivity index (χ0v) is 20.9. The quantitative estimate of drug-likeness (QED) is 0.523. The van der Waals surface area contributed by atoms with Gasteiger partial charge in [-0.25, -0.2) is 4.68 Å². The Hall–Kier alpha value is -3.32. The lowest BCUT2D eigenvalue weighted by Gasteiger charge is -2.29. The van der Waals surface area contributed by atoms with Crippen LogP contribution < -0.4 is 10.1 Å². The Bertz CT molecular complexity index is 1210. The Balaban J connectivity index is 1.49. The number of benzene rings is 2. The number of rotatable bonds is 6. The van der Waals surface area contributed by atoms with Gasteiger partial charge in [0.25, 0.3) is 5.91 Å². The number of methoxy groups -OCH3 is 1. The van der Waals surface area contributed by atoms with Crippen LogP contribution in [0.1, 0.15) is 79.3 Å². The lowest BCUT2D eigenvalue weighted by atomic mass is 10.0. The van der Waals surface area contributed by atoms with E-state index in [1.54, 1.807) is 7.11 Å². The molecule has 1 aliphatic heterocycles. The smallest absolute Gasteiger partial charge is 0.256 e. The van der Waals surface area contributed by atoms with Crippen molar-refractivity contribution in [1.29, 1.82) is 0 Å². The highest BCUT2D eigenvalue weighted by atomic mass is 16.5. The van der Waals surface area contributed by atoms with Crippen molar-refractivity contribution in [2.75, 3.05) is 12.4 Å². The largest absolute Gasteiger partial charge is 0.497 e. The maximum Gasteiger partial charge on any atom is 0.256 e. The average Bonchev–Trinajstić information content (AvgIpc) is 3.53. The van der Waals surface area contributed by atoms with Gasteiger partial charge in [-0.1, -0.05) is 30.3 Å². The molecule has 35 heavy (non-hydrogen) atoms. The average molecular weight is 475 g/mol. The van der Waals surface area contributed by atoms with E-state index in [9.17, 15) is 9.90 Å². The molecule has 1 amide bonds. The fraction of sp³-hybridized carbons (Fsp3) is 0.429. The molecule has 1 fully saturated rings. The van der Waals surface area contributed by atoms with Crippen molar-refractivity contribution in [2.45, 2.75) is 70.3 Å². The summed E-state index contributed by atoms with van der Waals surface area (Å²) in [7, 11) is 1.65. The molecular weight excluding hydrogens is 440 g/mol. The third-order valence-corrected chi connectivity index (χ3v) is 7.04. The number of anilines is 1. The fourth-order valence-corrected chi connectivity index (χ4v) is 5.20. The summed E-state index contributed by atoms with van der Waals surface area (Å²) in [6, 6.07) is 17.7. The minimum atomic E-state index is -0.319. The number of aliphatic hydroxyl groups excluding tert-OH is 1. The summed E-state index contributed by atoms with van der Waals surface area (Å²) in [5.41, 5.74) is 3.47. The van der Waals surface area contributed by atoms with E-state index in [-0.39, 0.29) is 29.6 Å². The zero-order chi connectivity index (χ0) is 24.7. The zero-order valence-electron chi connectivity index (χ0n) is 20.9. The van der Waals surface area contributed by atoms with Gasteiger partial charge in [0.2, 0.25) is 0 Å². The highest BCUT2D eigenvalue weighted by Gasteiger charge is 2.38. The van der Waals surface area contributed by atoms with Crippen LogP contribution in [0.4, 0.5) is 5.82 Å². The second-order valence-corrected chi connectivity index (χ2v) is 10.6. The SMILES string of the molecule is COc1ccc(CN2C(=O)c3ccccc3C2Nc2cc([C@H]3CC[C@@H](O)C3)nn2C(C)(C)C)cc1. The molecule has 0 spiro atoms. The van der Waals surface area contributed by atoms with E-state index >= 15 is 0 Å². The van der Waals surface area contributed by atoms with Gasteiger partial charge < -0.3 is 20.1 Å². The number of nitrogens with zero attached hydrogens (tertiary/aromatic N) is 3. The van der Waals surface area contributed by atoms with Crippen LogP contribution in [-0.4, -0.2) is 38.9 Å². The van der Waals surface area contributed by atoms with Crippen LogP contribution in [-0.2, 0) is 12.1 Å². The third-order valence-electron chi connectivity index (χ3n) is 7.04. The molecule has 3 atom stereocenters. The van der Waals surface area contributed by atoms with Crippen molar-refractivity contribution in [3.05, 3.63) is 77.0 Å². The minimum Gasteiger partial charge on any atom is -0.497 e. The van der Waals surface area contributed by atoms with Gasteiger partial charge in [0.05, 0.1) is 24.4 Å². The number of carbonyl (C=O) groups excluding carboxylic acids is 1. The summed E-state index contributed by atoms with van der Waals surface area (Å²) in [5.74, 6) is 1.93. The topological polar surface area (TPSA) is 79.6 Å². The van der Waals surface area contributed by atoms with Gasteiger partial charge in [-0.2, -0.15) is 5.10 Å². The Morgan fingerprint density at radius 1 is 1.11 bits per heavy atom. The first kappa shape index (κ1) is 23.4. The molecule has 1 aliphatic carbocycles. The number of hydrogen-bond acceptors (Lipinski definition) is 5. The van der Waals surface area contributed by atoms with Crippen LogP contribution >= 0.6 is 0 Å². The normalized spacial score (nSPS) is 21.9. The Morgan fingerprint density at radius 3 is 2.51 bits per heavy atom. The van der Waals surface area contributed by atoms with E-state index < -0.39 is 0 Å². The molecule has 2 aromatic carbocycles. The molecule has 2 N–H and O–H groups in total. The summed E-state index contributed by atoms with van der Waals surface area (Å²) < 4.78 is 7.31. The summed E-state index contributed by atoms with van der Waals surface area (Å²) in [5, 5.41) is 18.7. The molecule has 1 saturated carbocycles. The number of aromatic nitrogens is 2. The second-order valence-electron chi connectivity index (χ2n) is 10.6. The number of nitrogens with one attached hydrogen (secondary N) is 1. The van der Waals surface area contributed by atoms with Gasteiger partial charge in [-0.05, 0) is 63.8 Å². The predicted octanol–water partition coefficient (Wildman–Crippen LogP) is 5.04. The van der Waals surface area contributed by atoms with Crippen LogP contribution in [0, 0.1) is 0 Å². The number of hydrogen-bond donors (Lipinski definition) is 2. The molecule has 1 unspecified atom stereocenters. The number of fused-ring (bicyclic) bond motifs is 1. The van der Waals surface area contributed by atoms with Gasteiger partial charge in [0.15, 0.2) is 0 Å². The maximum absolute atomic E-state index is 13.5. The van der Waals surface area contributed by atoms with Gasteiger partial charge in [0, 0.05) is 29.7 Å². The van der Waals surface area contributed by atoms with Crippen molar-refractivity contribution >= 4 is 11.7 Å². The van der Waals surface area contributed by atoms with Crippen molar-refractivity contribution in [1.82, 2.24) is 14.7 Å². The molecule has 184 valence electrons. The molecule has 7 heteroatoms. The first-order valence-electron chi connectivity index (χ1n) is 12.3. The van der Waals surface area contributed by atoms with Gasteiger partial charge in [0.1, 0.15) is 17.7 Å². The molecule has 2 heterocycles. The Morgan fingerprint density at radius 2 is 1.86 bits per heavy atom. The number of carbonyl (C=O) groups is 1. The van der Waals surface area contributed by atoms with Crippen molar-refractivity contribution < 1.29 is 14.6 Å². The van der Waals surface area contributed by atoms with Crippen LogP contribution in [0.5, 0.6) is 5.75 Å². The summed E-state index contributed by atoms with van der Waals surface area (Å²) >= 11 is 0. The standard InChI is InChI=1S/C28H34N4O3/c1-28(2,3)32-25(16-24(30-32)19-11-12-20(33)15-19)29-26-22-7-5-6-8-23(22)27(34)31(26)17-18-9-13-21(35-4)14-10-18/h5-10,13-14,16,19-20,26,29,33H,11-12,15,17H2,1-4H3/t19-,20+,26?/m0/s1. The van der Waals surface area contributed by atoms with Crippen LogP contribution in [0.3, 0.4) is 0 Å². The molecule has 1 aromatic heterocycles. The molecule has 7 nitrogen and oxygen atoms in total. The van der Waals surface area contributed by atoms with Gasteiger partial charge in [-0.15, -0.1) is 0 Å². The second kappa shape index (κ2) is 9.04. The van der Waals surface area contributed by atoms with E-state index in [0.717, 1.165) is 53.2 Å². The monoisotopic (exact) mass is 474 g/mol. The summed E-state index contributed by atoms with van der Waals surface area (Å²) in [6.07, 6.45) is 1.93. The van der Waals surface area contributed by atoms with E-state index in [1.165, 1.54) is 0 Å². The van der Waals surface area contributed by atoms with E-state index in [4.69, 9.17) is 9.84 Å². The first-order valence-corrected chi connectivity index (χ1v) is 12.3. The first-order chi connectivity index (χ1) is 16.7. The van der Waals surface area contributed by atoms with Crippen LogP contribution in [0.15, 0.2) is 54.6 Å². The van der Waals surface area contributed by atoms with Gasteiger partial charge >= 0.3 is 0 Å². The van der Waals surface area contributed by atoms with Crippen molar-refractivity contribution in [3.8, 4) is 5.75 Å². The molecule has 0 saturated heterocycles. The van der Waals surface area contributed by atoms with E-state index in [2.05, 4.69) is 32.2 Å². The molecule has 3 aromatic rings. The predicted molar refractivity (Wildman–Crippen MR) is 135 cm³/mol. The molecule has 2 aliphatic rings. The highest BCUT2D eigenvalue weighted by Crippen LogP contribution is 2.39. The Labute approximate surface area is 206 Å². The van der Waals surface area contributed by atoms with Gasteiger partial charge in [-0.3, -0.25) is 4.79 Å². The van der Waals surface area contributed by atoms with Crippen LogP contribution in [0.2, 0.25) is 0 Å². The number of ether oxygens (including phenoxy) is 1. The molecular formula is C28H34N4O3. The molecule has 0 bridgehead atoms. The number of amides is 1. The molecule has 0 radical (unpaired) electrons. The molecule has 5 rings (SSSR count). The lowest BCUT2D eigenvalue weighted by Crippen LogP contribution is -2.34. The Kier molecular flexibility index (Phi) is 6.05. The number of aliphatic hydroxyl groups is 1. The van der Waals surface area contributed by atoms with Crippen molar-refractivity contribution in [2.24, 2.45) is 0 Å². The highest BCUT2D eigenvalue weighted by molar-refractivity contribution is 5.99. The van der Waals surface area contributed by atoms with Crippen LogP contribution in [0.25, 0.3) is 0 Å². The minimum absolute atomic E-state index is 0.00915.